The van der Waals surface area contributed by atoms with Crippen LogP contribution in [0.15, 0.2) is 91.0 Å². The lowest BCUT2D eigenvalue weighted by molar-refractivity contribution is 0.282. The number of methoxy groups -OCH3 is 1. The summed E-state index contributed by atoms with van der Waals surface area (Å²) in [4.78, 5) is 5.67. The number of hydrogen-bond acceptors (Lipinski definition) is 4. The van der Waals surface area contributed by atoms with Gasteiger partial charge in [-0.05, 0) is 71.3 Å². The average Bonchev–Trinajstić information content (AvgIpc) is 2.93. The summed E-state index contributed by atoms with van der Waals surface area (Å²) in [5.41, 5.74) is 6.47. The quantitative estimate of drug-likeness (QED) is 0.234. The zero-order chi connectivity index (χ0) is 24.6. The van der Waals surface area contributed by atoms with E-state index in [4.69, 9.17) is 16.6 Å². The molecule has 0 saturated carbocycles. The van der Waals surface area contributed by atoms with Crippen molar-refractivity contribution in [2.45, 2.75) is 6.61 Å². The largest absolute Gasteiger partial charge is 0.497 e. The smallest absolute Gasteiger partial charge is 0.194 e. The second-order valence-electron chi connectivity index (χ2n) is 7.78. The average molecular weight is 458 g/mol. The SMILES string of the molecule is [C-]#[N+]c1ccc(C#N)cc1C=Cc1ccc(N(c2ccc(CO)cc2)c2ccc(OC)cc2)cc1. The molecule has 4 rings (SSSR count). The topological polar surface area (TPSA) is 60.9 Å². The molecule has 0 atom stereocenters. The van der Waals surface area contributed by atoms with Crippen molar-refractivity contribution < 1.29 is 9.84 Å². The molecule has 0 aliphatic heterocycles. The van der Waals surface area contributed by atoms with Crippen LogP contribution in [0, 0.1) is 17.9 Å². The second-order valence-corrected chi connectivity index (χ2v) is 7.78. The molecule has 4 aromatic carbocycles. The molecule has 0 bridgehead atoms. The van der Waals surface area contributed by atoms with Gasteiger partial charge in [0, 0.05) is 17.1 Å². The predicted molar refractivity (Wildman–Crippen MR) is 140 cm³/mol. The molecule has 0 aromatic heterocycles. The van der Waals surface area contributed by atoms with Crippen molar-refractivity contribution >= 4 is 34.9 Å². The third-order valence-corrected chi connectivity index (χ3v) is 5.59. The van der Waals surface area contributed by atoms with Gasteiger partial charge in [-0.3, -0.25) is 0 Å². The highest BCUT2D eigenvalue weighted by atomic mass is 16.5. The highest BCUT2D eigenvalue weighted by molar-refractivity contribution is 5.80. The number of aliphatic hydroxyl groups is 1. The van der Waals surface area contributed by atoms with Crippen molar-refractivity contribution in [2.75, 3.05) is 12.0 Å². The van der Waals surface area contributed by atoms with Crippen LogP contribution in [-0.2, 0) is 6.61 Å². The predicted octanol–water partition coefficient (Wildman–Crippen LogP) is 7.25. The van der Waals surface area contributed by atoms with E-state index in [2.05, 4.69) is 15.8 Å². The first-order valence-electron chi connectivity index (χ1n) is 11.0. The summed E-state index contributed by atoms with van der Waals surface area (Å²) in [5.74, 6) is 0.782. The minimum absolute atomic E-state index is 0.00364. The van der Waals surface area contributed by atoms with Gasteiger partial charge < -0.3 is 14.7 Å². The Bertz CT molecular complexity index is 1360. The normalized spacial score (nSPS) is 10.5. The first kappa shape index (κ1) is 23.3. The summed E-state index contributed by atoms with van der Waals surface area (Å²) in [6.07, 6.45) is 3.79. The van der Waals surface area contributed by atoms with E-state index in [9.17, 15) is 5.11 Å². The number of anilines is 3. The molecule has 0 aliphatic rings. The van der Waals surface area contributed by atoms with Crippen molar-refractivity contribution in [3.8, 4) is 11.8 Å². The highest BCUT2D eigenvalue weighted by Gasteiger charge is 2.12. The molecule has 0 saturated heterocycles. The fourth-order valence-electron chi connectivity index (χ4n) is 3.71. The number of nitrogens with zero attached hydrogens (tertiary/aromatic N) is 3. The van der Waals surface area contributed by atoms with E-state index in [0.29, 0.717) is 16.8 Å². The van der Waals surface area contributed by atoms with Gasteiger partial charge in [0.05, 0.1) is 31.9 Å². The molecule has 4 aromatic rings. The molecule has 0 aliphatic carbocycles. The molecule has 0 amide bonds. The van der Waals surface area contributed by atoms with Crippen LogP contribution >= 0.6 is 0 Å². The third-order valence-electron chi connectivity index (χ3n) is 5.59. The first-order chi connectivity index (χ1) is 17.1. The summed E-state index contributed by atoms with van der Waals surface area (Å²) in [5, 5.41) is 18.6. The Balaban J connectivity index is 1.67. The molecule has 0 spiro atoms. The Labute approximate surface area is 205 Å². The molecule has 0 heterocycles. The monoisotopic (exact) mass is 457 g/mol. The van der Waals surface area contributed by atoms with Crippen LogP contribution < -0.4 is 9.64 Å². The molecule has 5 heteroatoms. The van der Waals surface area contributed by atoms with Crippen molar-refractivity contribution in [2.24, 2.45) is 0 Å². The first-order valence-corrected chi connectivity index (χ1v) is 11.0. The Morgan fingerprint density at radius 3 is 2.03 bits per heavy atom. The summed E-state index contributed by atoms with van der Waals surface area (Å²) >= 11 is 0. The van der Waals surface area contributed by atoms with E-state index in [0.717, 1.165) is 33.9 Å². The lowest BCUT2D eigenvalue weighted by Gasteiger charge is -2.26. The van der Waals surface area contributed by atoms with Crippen LogP contribution in [0.3, 0.4) is 0 Å². The second kappa shape index (κ2) is 10.9. The van der Waals surface area contributed by atoms with E-state index >= 15 is 0 Å². The molecule has 0 fully saturated rings. The number of rotatable bonds is 7. The molecule has 0 unspecified atom stereocenters. The Morgan fingerprint density at radius 1 is 0.886 bits per heavy atom. The lowest BCUT2D eigenvalue weighted by atomic mass is 10.1. The maximum absolute atomic E-state index is 9.42. The zero-order valence-corrected chi connectivity index (χ0v) is 19.2. The van der Waals surface area contributed by atoms with Crippen LogP contribution in [0.2, 0.25) is 0 Å². The van der Waals surface area contributed by atoms with E-state index in [1.807, 2.05) is 84.9 Å². The number of aliphatic hydroxyl groups excluding tert-OH is 1. The van der Waals surface area contributed by atoms with Crippen LogP contribution in [0.25, 0.3) is 17.0 Å². The van der Waals surface area contributed by atoms with Gasteiger partial charge in [-0.2, -0.15) is 5.26 Å². The summed E-state index contributed by atoms with van der Waals surface area (Å²) in [7, 11) is 1.64. The van der Waals surface area contributed by atoms with Gasteiger partial charge in [-0.25, -0.2) is 4.85 Å². The zero-order valence-electron chi connectivity index (χ0n) is 19.2. The van der Waals surface area contributed by atoms with Gasteiger partial charge in [0.25, 0.3) is 0 Å². The molecular formula is C30H23N3O2. The maximum atomic E-state index is 9.42. The minimum Gasteiger partial charge on any atom is -0.497 e. The van der Waals surface area contributed by atoms with Crippen molar-refractivity contribution in [3.05, 3.63) is 125 Å². The van der Waals surface area contributed by atoms with Crippen LogP contribution in [0.5, 0.6) is 5.75 Å². The molecule has 5 nitrogen and oxygen atoms in total. The minimum atomic E-state index is -0.00364. The van der Waals surface area contributed by atoms with E-state index < -0.39 is 0 Å². The summed E-state index contributed by atoms with van der Waals surface area (Å²) < 4.78 is 5.31. The number of benzene rings is 4. The van der Waals surface area contributed by atoms with Gasteiger partial charge in [-0.15, -0.1) is 0 Å². The Morgan fingerprint density at radius 2 is 1.49 bits per heavy atom. The lowest BCUT2D eigenvalue weighted by Crippen LogP contribution is -2.10. The Kier molecular flexibility index (Phi) is 7.23. The van der Waals surface area contributed by atoms with Gasteiger partial charge in [0.1, 0.15) is 5.75 Å². The van der Waals surface area contributed by atoms with Gasteiger partial charge in [-0.1, -0.05) is 48.6 Å². The van der Waals surface area contributed by atoms with Gasteiger partial charge in [0.2, 0.25) is 0 Å². The number of nitriles is 1. The van der Waals surface area contributed by atoms with Crippen LogP contribution in [0.1, 0.15) is 22.3 Å². The van der Waals surface area contributed by atoms with Gasteiger partial charge in [0.15, 0.2) is 5.69 Å². The molecule has 1 N–H and O–H groups in total. The van der Waals surface area contributed by atoms with Crippen LogP contribution in [0.4, 0.5) is 22.7 Å². The van der Waals surface area contributed by atoms with E-state index in [1.54, 1.807) is 25.3 Å². The van der Waals surface area contributed by atoms with Crippen LogP contribution in [-0.4, -0.2) is 12.2 Å². The van der Waals surface area contributed by atoms with E-state index in [-0.39, 0.29) is 6.61 Å². The van der Waals surface area contributed by atoms with Crippen molar-refractivity contribution in [3.63, 3.8) is 0 Å². The standard InChI is InChI=1S/C30H23N3O2/c1-32-30-18-8-24(20-31)19-25(30)9-3-22-4-10-26(11-5-22)33(27-12-6-23(21-34)7-13-27)28-14-16-29(35-2)17-15-28/h3-19,34H,21H2,2H3. The van der Waals surface area contributed by atoms with Gasteiger partial charge >= 0.3 is 0 Å². The van der Waals surface area contributed by atoms with Crippen molar-refractivity contribution in [1.29, 1.82) is 5.26 Å². The number of hydrogen-bond donors (Lipinski definition) is 1. The fraction of sp³-hybridized carbons (Fsp3) is 0.0667. The molecule has 170 valence electrons. The number of ether oxygens (including phenoxy) is 1. The maximum Gasteiger partial charge on any atom is 0.194 e. The molecular weight excluding hydrogens is 434 g/mol. The Hall–Kier alpha value is -4.84. The summed E-state index contributed by atoms with van der Waals surface area (Å²) in [6, 6.07) is 30.9. The fourth-order valence-corrected chi connectivity index (χ4v) is 3.71. The molecule has 35 heavy (non-hydrogen) atoms. The summed E-state index contributed by atoms with van der Waals surface area (Å²) in [6.45, 7) is 7.36. The van der Waals surface area contributed by atoms with Crippen molar-refractivity contribution in [1.82, 2.24) is 0 Å². The molecule has 0 radical (unpaired) electrons. The van der Waals surface area contributed by atoms with E-state index in [1.165, 1.54) is 0 Å². The highest BCUT2D eigenvalue weighted by Crippen LogP contribution is 2.35. The third kappa shape index (κ3) is 5.39.